The molecule has 15 heavy (non-hydrogen) atoms. The van der Waals surface area contributed by atoms with Gasteiger partial charge in [0.05, 0.1) is 7.11 Å². The number of carbonyl (C=O) groups excluding carboxylic acids is 1. The summed E-state index contributed by atoms with van der Waals surface area (Å²) in [6, 6.07) is 4.17. The molecule has 1 aromatic rings. The lowest BCUT2D eigenvalue weighted by molar-refractivity contribution is -0.117. The zero-order valence-electron chi connectivity index (χ0n) is 8.37. The van der Waals surface area contributed by atoms with Crippen molar-refractivity contribution in [3.05, 3.63) is 35.7 Å². The van der Waals surface area contributed by atoms with Crippen LogP contribution in [0.15, 0.2) is 24.3 Å². The third-order valence-corrected chi connectivity index (χ3v) is 1.81. The summed E-state index contributed by atoms with van der Waals surface area (Å²) in [5, 5.41) is 0. The highest BCUT2D eigenvalue weighted by Gasteiger charge is 2.00. The number of nitrogens with two attached hydrogens (primary N) is 1. The molecule has 4 heteroatoms. The number of hydrogen-bond donors (Lipinski definition) is 1. The van der Waals surface area contributed by atoms with Crippen LogP contribution in [-0.4, -0.2) is 13.0 Å². The fourth-order valence-electron chi connectivity index (χ4n) is 1.14. The van der Waals surface area contributed by atoms with Crippen molar-refractivity contribution in [3.8, 4) is 5.75 Å². The zero-order chi connectivity index (χ0) is 11.3. The van der Waals surface area contributed by atoms with Crippen molar-refractivity contribution in [2.24, 2.45) is 5.73 Å². The predicted molar refractivity (Wildman–Crippen MR) is 55.8 cm³/mol. The lowest BCUT2D eigenvalue weighted by Crippen LogP contribution is -2.07. The molecule has 0 aromatic heterocycles. The van der Waals surface area contributed by atoms with Gasteiger partial charge >= 0.3 is 0 Å². The van der Waals surface area contributed by atoms with Crippen LogP contribution in [0.25, 0.3) is 6.08 Å². The Balaban J connectivity index is 2.87. The molecule has 0 bridgehead atoms. The van der Waals surface area contributed by atoms with Crippen LogP contribution in [0.4, 0.5) is 4.39 Å². The number of primary amides is 1. The van der Waals surface area contributed by atoms with Crippen molar-refractivity contribution in [1.82, 2.24) is 0 Å². The van der Waals surface area contributed by atoms with E-state index in [2.05, 4.69) is 0 Å². The number of ether oxygens (including phenoxy) is 1. The Bertz CT molecular complexity index is 388. The molecule has 0 heterocycles. The van der Waals surface area contributed by atoms with Crippen LogP contribution < -0.4 is 10.5 Å². The van der Waals surface area contributed by atoms with E-state index in [1.807, 2.05) is 0 Å². The summed E-state index contributed by atoms with van der Waals surface area (Å²) in [6.07, 6.45) is 3.30. The fourth-order valence-corrected chi connectivity index (χ4v) is 1.14. The minimum absolute atomic E-state index is 0.125. The number of amides is 1. The third kappa shape index (κ3) is 3.42. The quantitative estimate of drug-likeness (QED) is 0.820. The second kappa shape index (κ2) is 5.14. The lowest BCUT2D eigenvalue weighted by atomic mass is 10.1. The molecular weight excluding hydrogens is 197 g/mol. The second-order valence-corrected chi connectivity index (χ2v) is 2.96. The standard InChI is InChI=1S/C11H12FNO2/c1-15-10-6-5-9(12)7-8(10)3-2-4-11(13)14/h2-3,5-7H,4H2,1H3,(H2,13,14). The summed E-state index contributed by atoms with van der Waals surface area (Å²) >= 11 is 0. The van der Waals surface area contributed by atoms with Gasteiger partial charge in [0.25, 0.3) is 0 Å². The van der Waals surface area contributed by atoms with E-state index in [1.165, 1.54) is 25.3 Å². The Morgan fingerprint density at radius 1 is 1.60 bits per heavy atom. The number of rotatable bonds is 4. The molecule has 0 radical (unpaired) electrons. The van der Waals surface area contributed by atoms with Crippen LogP contribution in [0.3, 0.4) is 0 Å². The van der Waals surface area contributed by atoms with E-state index in [4.69, 9.17) is 10.5 Å². The lowest BCUT2D eigenvalue weighted by Gasteiger charge is -2.03. The predicted octanol–water partition coefficient (Wildman–Crippen LogP) is 1.72. The molecule has 1 rings (SSSR count). The molecule has 0 fully saturated rings. The number of carbonyl (C=O) groups is 1. The van der Waals surface area contributed by atoms with Gasteiger partial charge in [0, 0.05) is 12.0 Å². The molecule has 3 nitrogen and oxygen atoms in total. The average molecular weight is 209 g/mol. The van der Waals surface area contributed by atoms with Crippen LogP contribution in [0.2, 0.25) is 0 Å². The fraction of sp³-hybridized carbons (Fsp3) is 0.182. The normalized spacial score (nSPS) is 10.5. The molecule has 0 saturated carbocycles. The minimum atomic E-state index is -0.429. The Labute approximate surface area is 87.3 Å². The first-order chi connectivity index (χ1) is 7.13. The summed E-state index contributed by atoms with van der Waals surface area (Å²) in [7, 11) is 1.50. The van der Waals surface area contributed by atoms with Crippen molar-refractivity contribution in [3.63, 3.8) is 0 Å². The van der Waals surface area contributed by atoms with Gasteiger partial charge in [-0.15, -0.1) is 0 Å². The molecule has 0 spiro atoms. The first kappa shape index (κ1) is 11.2. The molecule has 0 aliphatic heterocycles. The Morgan fingerprint density at radius 2 is 2.33 bits per heavy atom. The highest BCUT2D eigenvalue weighted by Crippen LogP contribution is 2.20. The molecule has 2 N–H and O–H groups in total. The molecule has 0 saturated heterocycles. The molecule has 0 aliphatic rings. The smallest absolute Gasteiger partial charge is 0.221 e. The number of hydrogen-bond acceptors (Lipinski definition) is 2. The van der Waals surface area contributed by atoms with E-state index in [0.29, 0.717) is 11.3 Å². The van der Waals surface area contributed by atoms with Crippen molar-refractivity contribution in [2.45, 2.75) is 6.42 Å². The molecule has 0 unspecified atom stereocenters. The molecular formula is C11H12FNO2. The van der Waals surface area contributed by atoms with Gasteiger partial charge in [-0.25, -0.2) is 4.39 Å². The minimum Gasteiger partial charge on any atom is -0.496 e. The van der Waals surface area contributed by atoms with Crippen LogP contribution in [0.1, 0.15) is 12.0 Å². The van der Waals surface area contributed by atoms with E-state index in [9.17, 15) is 9.18 Å². The van der Waals surface area contributed by atoms with Crippen LogP contribution >= 0.6 is 0 Å². The van der Waals surface area contributed by atoms with E-state index in [0.717, 1.165) is 0 Å². The summed E-state index contributed by atoms with van der Waals surface area (Å²) in [4.78, 5) is 10.5. The van der Waals surface area contributed by atoms with E-state index in [-0.39, 0.29) is 12.2 Å². The van der Waals surface area contributed by atoms with Gasteiger partial charge in [0.2, 0.25) is 5.91 Å². The number of benzene rings is 1. The number of halogens is 1. The third-order valence-electron chi connectivity index (χ3n) is 1.81. The summed E-state index contributed by atoms with van der Waals surface area (Å²) in [6.45, 7) is 0. The highest BCUT2D eigenvalue weighted by atomic mass is 19.1. The summed E-state index contributed by atoms with van der Waals surface area (Å²) in [5.74, 6) is -0.228. The Morgan fingerprint density at radius 3 is 2.93 bits per heavy atom. The van der Waals surface area contributed by atoms with Gasteiger partial charge in [0.15, 0.2) is 0 Å². The van der Waals surface area contributed by atoms with Crippen molar-refractivity contribution in [1.29, 1.82) is 0 Å². The molecule has 0 aliphatic carbocycles. The van der Waals surface area contributed by atoms with E-state index in [1.54, 1.807) is 12.2 Å². The zero-order valence-corrected chi connectivity index (χ0v) is 8.37. The Hall–Kier alpha value is -1.84. The van der Waals surface area contributed by atoms with Crippen molar-refractivity contribution >= 4 is 12.0 Å². The summed E-state index contributed by atoms with van der Waals surface area (Å²) in [5.41, 5.74) is 5.54. The van der Waals surface area contributed by atoms with Crippen LogP contribution in [0.5, 0.6) is 5.75 Å². The highest BCUT2D eigenvalue weighted by molar-refractivity contribution is 5.76. The first-order valence-electron chi connectivity index (χ1n) is 4.42. The SMILES string of the molecule is COc1ccc(F)cc1C=CCC(N)=O. The monoisotopic (exact) mass is 209 g/mol. The average Bonchev–Trinajstić information content (AvgIpc) is 2.17. The van der Waals surface area contributed by atoms with Gasteiger partial charge in [-0.1, -0.05) is 12.2 Å². The van der Waals surface area contributed by atoms with Gasteiger partial charge in [-0.3, -0.25) is 4.79 Å². The molecule has 80 valence electrons. The largest absolute Gasteiger partial charge is 0.496 e. The van der Waals surface area contributed by atoms with E-state index < -0.39 is 5.91 Å². The van der Waals surface area contributed by atoms with E-state index >= 15 is 0 Å². The maximum absolute atomic E-state index is 12.9. The maximum Gasteiger partial charge on any atom is 0.221 e. The molecule has 1 aromatic carbocycles. The van der Waals surface area contributed by atoms with Gasteiger partial charge in [-0.2, -0.15) is 0 Å². The van der Waals surface area contributed by atoms with Crippen molar-refractivity contribution in [2.75, 3.05) is 7.11 Å². The molecule has 0 atom stereocenters. The molecule has 1 amide bonds. The van der Waals surface area contributed by atoms with Gasteiger partial charge < -0.3 is 10.5 Å². The van der Waals surface area contributed by atoms with Crippen LogP contribution in [-0.2, 0) is 4.79 Å². The maximum atomic E-state index is 12.9. The summed E-state index contributed by atoms with van der Waals surface area (Å²) < 4.78 is 17.9. The van der Waals surface area contributed by atoms with Crippen molar-refractivity contribution < 1.29 is 13.9 Å². The van der Waals surface area contributed by atoms with Gasteiger partial charge in [0.1, 0.15) is 11.6 Å². The number of methoxy groups -OCH3 is 1. The first-order valence-corrected chi connectivity index (χ1v) is 4.42. The Kier molecular flexibility index (Phi) is 3.85. The van der Waals surface area contributed by atoms with Gasteiger partial charge in [-0.05, 0) is 18.2 Å². The van der Waals surface area contributed by atoms with Crippen LogP contribution in [0, 0.1) is 5.82 Å². The second-order valence-electron chi connectivity index (χ2n) is 2.96. The topological polar surface area (TPSA) is 52.3 Å².